The molecule has 0 fully saturated rings. The Labute approximate surface area is 91.7 Å². The molecule has 16 heavy (non-hydrogen) atoms. The van der Waals surface area contributed by atoms with Crippen LogP contribution in [0.4, 0.5) is 0 Å². The average Bonchev–Trinajstić information content (AvgIpc) is 2.33. The molecule has 1 aromatic heterocycles. The quantitative estimate of drug-likeness (QED) is 0.695. The maximum atomic E-state index is 7.92. The van der Waals surface area contributed by atoms with E-state index in [0.717, 1.165) is 10.9 Å². The molecule has 2 N–H and O–H groups in total. The van der Waals surface area contributed by atoms with E-state index in [4.69, 9.17) is 10.8 Å². The van der Waals surface area contributed by atoms with Gasteiger partial charge in [-0.3, -0.25) is 10.8 Å². The molecule has 0 atom stereocenters. The highest BCUT2D eigenvalue weighted by Crippen LogP contribution is 2.24. The van der Waals surface area contributed by atoms with Crippen LogP contribution in [-0.2, 0) is 0 Å². The number of fused-ring (bicyclic) bond motifs is 3. The van der Waals surface area contributed by atoms with Gasteiger partial charge in [0, 0.05) is 10.9 Å². The lowest BCUT2D eigenvalue weighted by atomic mass is 9.92. The highest BCUT2D eigenvalue weighted by Gasteiger charge is 2.18. The zero-order valence-corrected chi connectivity index (χ0v) is 8.36. The third kappa shape index (κ3) is 1.10. The molecule has 2 aromatic rings. The molecule has 0 aliphatic heterocycles. The van der Waals surface area contributed by atoms with E-state index < -0.39 is 0 Å². The maximum Gasteiger partial charge on any atom is 0.103 e. The van der Waals surface area contributed by atoms with Gasteiger partial charge in [0.1, 0.15) is 5.52 Å². The van der Waals surface area contributed by atoms with Gasteiger partial charge in [-0.25, -0.2) is 0 Å². The van der Waals surface area contributed by atoms with Crippen LogP contribution < -0.4 is 0 Å². The van der Waals surface area contributed by atoms with Crippen molar-refractivity contribution in [1.82, 2.24) is 10.2 Å². The van der Waals surface area contributed by atoms with E-state index in [1.165, 1.54) is 0 Å². The summed E-state index contributed by atoms with van der Waals surface area (Å²) in [6.07, 6.45) is 5.10. The number of rotatable bonds is 0. The first-order valence-corrected chi connectivity index (χ1v) is 4.88. The molecule has 0 saturated heterocycles. The summed E-state index contributed by atoms with van der Waals surface area (Å²) in [6, 6.07) is 5.75. The van der Waals surface area contributed by atoms with Crippen LogP contribution in [0.25, 0.3) is 17.0 Å². The molecule has 0 saturated carbocycles. The Morgan fingerprint density at radius 1 is 1.00 bits per heavy atom. The Kier molecular flexibility index (Phi) is 1.71. The molecular weight excluding hydrogens is 200 g/mol. The fourth-order valence-electron chi connectivity index (χ4n) is 1.86. The minimum Gasteiger partial charge on any atom is -0.299 e. The number of nitrogens with one attached hydrogen (secondary N) is 2. The van der Waals surface area contributed by atoms with Crippen molar-refractivity contribution >= 4 is 28.4 Å². The largest absolute Gasteiger partial charge is 0.299 e. The molecule has 1 aliphatic rings. The number of nitrogens with zero attached hydrogens (tertiary/aromatic N) is 2. The Balaban J connectivity index is 2.46. The average molecular weight is 208 g/mol. The van der Waals surface area contributed by atoms with Crippen LogP contribution in [0, 0.1) is 10.8 Å². The molecule has 0 bridgehead atoms. The van der Waals surface area contributed by atoms with Crippen molar-refractivity contribution in [2.75, 3.05) is 0 Å². The third-order valence-corrected chi connectivity index (χ3v) is 2.67. The number of hydrogen-bond donors (Lipinski definition) is 2. The van der Waals surface area contributed by atoms with Crippen molar-refractivity contribution < 1.29 is 0 Å². The predicted molar refractivity (Wildman–Crippen MR) is 63.1 cm³/mol. The van der Waals surface area contributed by atoms with Crippen molar-refractivity contribution in [2.45, 2.75) is 0 Å². The second-order valence-corrected chi connectivity index (χ2v) is 3.62. The summed E-state index contributed by atoms with van der Waals surface area (Å²) in [5, 5.41) is 24.4. The van der Waals surface area contributed by atoms with E-state index in [1.807, 2.05) is 24.3 Å². The van der Waals surface area contributed by atoms with Gasteiger partial charge in [-0.2, -0.15) is 5.10 Å². The van der Waals surface area contributed by atoms with Crippen LogP contribution in [0.15, 0.2) is 30.5 Å². The molecule has 0 radical (unpaired) electrons. The molecule has 3 rings (SSSR count). The van der Waals surface area contributed by atoms with Gasteiger partial charge in [-0.1, -0.05) is 18.2 Å². The van der Waals surface area contributed by atoms with Crippen LogP contribution >= 0.6 is 0 Å². The van der Waals surface area contributed by atoms with Crippen molar-refractivity contribution in [2.24, 2.45) is 0 Å². The van der Waals surface area contributed by atoms with Crippen LogP contribution in [0.2, 0.25) is 0 Å². The Hall–Kier alpha value is -2.36. The summed E-state index contributed by atoms with van der Waals surface area (Å²) in [4.78, 5) is 0. The normalized spacial score (nSPS) is 14.2. The van der Waals surface area contributed by atoms with E-state index in [-0.39, 0.29) is 11.4 Å². The molecule has 4 heteroatoms. The number of allylic oxidation sites excluding steroid dienone is 1. The van der Waals surface area contributed by atoms with Crippen LogP contribution in [-0.4, -0.2) is 21.6 Å². The predicted octanol–water partition coefficient (Wildman–Crippen LogP) is 2.04. The van der Waals surface area contributed by atoms with Crippen LogP contribution in [0.1, 0.15) is 11.1 Å². The van der Waals surface area contributed by atoms with E-state index in [0.29, 0.717) is 11.1 Å². The number of aromatic nitrogens is 2. The Morgan fingerprint density at radius 2 is 1.88 bits per heavy atom. The molecule has 1 heterocycles. The first-order chi connectivity index (χ1) is 7.77. The fourth-order valence-corrected chi connectivity index (χ4v) is 1.86. The lowest BCUT2D eigenvalue weighted by Crippen LogP contribution is -2.16. The monoisotopic (exact) mass is 208 g/mol. The van der Waals surface area contributed by atoms with E-state index >= 15 is 0 Å². The molecule has 0 unspecified atom stereocenters. The van der Waals surface area contributed by atoms with Gasteiger partial charge in [0.25, 0.3) is 0 Å². The summed E-state index contributed by atoms with van der Waals surface area (Å²) in [5.41, 5.74) is 2.75. The SMILES string of the molecule is N=C1C=Cc2ccc3ccnnc3c2C1=N. The Morgan fingerprint density at radius 3 is 2.75 bits per heavy atom. The van der Waals surface area contributed by atoms with Gasteiger partial charge in [0.15, 0.2) is 0 Å². The first kappa shape index (κ1) is 8.91. The summed E-state index contributed by atoms with van der Waals surface area (Å²) >= 11 is 0. The Bertz CT molecular complexity index is 655. The molecule has 4 nitrogen and oxygen atoms in total. The summed E-state index contributed by atoms with van der Waals surface area (Å²) in [5.74, 6) is 0. The minimum atomic E-state index is 0.212. The van der Waals surface area contributed by atoms with Gasteiger partial charge in [0.2, 0.25) is 0 Å². The zero-order chi connectivity index (χ0) is 11.1. The van der Waals surface area contributed by atoms with E-state index in [2.05, 4.69) is 10.2 Å². The fraction of sp³-hybridized carbons (Fsp3) is 0. The molecule has 0 spiro atoms. The van der Waals surface area contributed by atoms with Gasteiger partial charge >= 0.3 is 0 Å². The second-order valence-electron chi connectivity index (χ2n) is 3.62. The molecule has 1 aliphatic carbocycles. The highest BCUT2D eigenvalue weighted by molar-refractivity contribution is 6.53. The standard InChI is InChI=1S/C12H8N4/c13-9-4-3-7-1-2-8-5-6-15-16-12(8)10(7)11(9)14/h1-6,13-14H. The van der Waals surface area contributed by atoms with Crippen molar-refractivity contribution in [3.05, 3.63) is 41.6 Å². The molecule has 0 amide bonds. The smallest absolute Gasteiger partial charge is 0.103 e. The van der Waals surface area contributed by atoms with Gasteiger partial charge < -0.3 is 0 Å². The zero-order valence-electron chi connectivity index (χ0n) is 8.36. The topological polar surface area (TPSA) is 73.5 Å². The molecule has 76 valence electrons. The molecular formula is C12H8N4. The maximum absolute atomic E-state index is 7.92. The van der Waals surface area contributed by atoms with E-state index in [1.54, 1.807) is 12.3 Å². The van der Waals surface area contributed by atoms with Gasteiger partial charge in [-0.15, -0.1) is 5.10 Å². The lowest BCUT2D eigenvalue weighted by Gasteiger charge is -2.13. The minimum absolute atomic E-state index is 0.212. The number of hydrogen-bond acceptors (Lipinski definition) is 4. The second kappa shape index (κ2) is 3.06. The van der Waals surface area contributed by atoms with Crippen molar-refractivity contribution in [3.8, 4) is 0 Å². The third-order valence-electron chi connectivity index (χ3n) is 2.67. The van der Waals surface area contributed by atoms with Crippen LogP contribution in [0.3, 0.4) is 0 Å². The summed E-state index contributed by atoms with van der Waals surface area (Å²) < 4.78 is 0. The van der Waals surface area contributed by atoms with Crippen LogP contribution in [0.5, 0.6) is 0 Å². The van der Waals surface area contributed by atoms with Gasteiger partial charge in [0.05, 0.1) is 17.6 Å². The van der Waals surface area contributed by atoms with Crippen molar-refractivity contribution in [3.63, 3.8) is 0 Å². The first-order valence-electron chi connectivity index (χ1n) is 4.88. The molecule has 1 aromatic carbocycles. The van der Waals surface area contributed by atoms with E-state index in [9.17, 15) is 0 Å². The highest BCUT2D eigenvalue weighted by atomic mass is 15.1. The summed E-state index contributed by atoms with van der Waals surface area (Å²) in [6.45, 7) is 0. The van der Waals surface area contributed by atoms with Crippen molar-refractivity contribution in [1.29, 1.82) is 10.8 Å². The lowest BCUT2D eigenvalue weighted by molar-refractivity contribution is 1.07. The summed E-state index contributed by atoms with van der Waals surface area (Å²) in [7, 11) is 0. The number of benzene rings is 1. The van der Waals surface area contributed by atoms with Gasteiger partial charge in [-0.05, 0) is 17.7 Å².